The number of benzene rings is 1. The van der Waals surface area contributed by atoms with Crippen molar-refractivity contribution >= 4 is 17.8 Å². The second kappa shape index (κ2) is 7.53. The van der Waals surface area contributed by atoms with Gasteiger partial charge in [0.15, 0.2) is 5.96 Å². The van der Waals surface area contributed by atoms with Gasteiger partial charge < -0.3 is 15.8 Å². The summed E-state index contributed by atoms with van der Waals surface area (Å²) in [5, 5.41) is 3.27. The molecule has 0 saturated heterocycles. The molecule has 168 valence electrons. The fourth-order valence-corrected chi connectivity index (χ4v) is 4.63. The number of hydrogen-bond acceptors (Lipinski definition) is 5. The Morgan fingerprint density at radius 2 is 2.03 bits per heavy atom. The van der Waals surface area contributed by atoms with Crippen LogP contribution >= 0.6 is 0 Å². The van der Waals surface area contributed by atoms with E-state index in [1.54, 1.807) is 4.90 Å². The number of para-hydroxylation sites is 1. The van der Waals surface area contributed by atoms with Gasteiger partial charge in [0.1, 0.15) is 11.4 Å². The van der Waals surface area contributed by atoms with E-state index in [2.05, 4.69) is 31.1 Å². The zero-order valence-corrected chi connectivity index (χ0v) is 19.1. The van der Waals surface area contributed by atoms with E-state index in [-0.39, 0.29) is 41.3 Å². The van der Waals surface area contributed by atoms with Crippen molar-refractivity contribution in [2.75, 3.05) is 6.54 Å². The summed E-state index contributed by atoms with van der Waals surface area (Å²) in [6, 6.07) is 7.85. The minimum absolute atomic E-state index is 0.0189. The van der Waals surface area contributed by atoms with Crippen molar-refractivity contribution in [3.8, 4) is 5.75 Å². The van der Waals surface area contributed by atoms with Gasteiger partial charge in [-0.15, -0.1) is 0 Å². The van der Waals surface area contributed by atoms with Crippen LogP contribution in [0.15, 0.2) is 29.3 Å². The monoisotopic (exact) mass is 426 g/mol. The zero-order chi connectivity index (χ0) is 22.6. The van der Waals surface area contributed by atoms with Crippen molar-refractivity contribution < 1.29 is 14.3 Å². The van der Waals surface area contributed by atoms with Crippen LogP contribution in [0, 0.1) is 17.8 Å². The maximum Gasteiger partial charge on any atom is 0.231 e. The van der Waals surface area contributed by atoms with E-state index in [1.165, 1.54) is 0 Å². The summed E-state index contributed by atoms with van der Waals surface area (Å²) < 4.78 is 6.31. The highest BCUT2D eigenvalue weighted by Crippen LogP contribution is 2.45. The van der Waals surface area contributed by atoms with Crippen molar-refractivity contribution in [2.45, 2.75) is 71.1 Å². The molecule has 0 spiro atoms. The van der Waals surface area contributed by atoms with Gasteiger partial charge in [-0.25, -0.2) is 4.99 Å². The van der Waals surface area contributed by atoms with E-state index in [9.17, 15) is 9.59 Å². The van der Waals surface area contributed by atoms with E-state index in [1.807, 2.05) is 38.1 Å². The summed E-state index contributed by atoms with van der Waals surface area (Å²) in [7, 11) is 0. The minimum Gasteiger partial charge on any atom is -0.487 e. The first-order chi connectivity index (χ1) is 14.5. The molecule has 2 unspecified atom stereocenters. The molecule has 2 heterocycles. The molecule has 0 bridgehead atoms. The molecule has 1 saturated carbocycles. The van der Waals surface area contributed by atoms with Gasteiger partial charge in [0.2, 0.25) is 11.8 Å². The molecule has 31 heavy (non-hydrogen) atoms. The number of aliphatic imine (C=N–C) groups is 1. The lowest BCUT2D eigenvalue weighted by Gasteiger charge is -2.42. The largest absolute Gasteiger partial charge is 0.487 e. The molecule has 1 aromatic rings. The smallest absolute Gasteiger partial charge is 0.231 e. The van der Waals surface area contributed by atoms with Crippen LogP contribution in [0.4, 0.5) is 0 Å². The Hall–Kier alpha value is -2.57. The van der Waals surface area contributed by atoms with Gasteiger partial charge in [-0.05, 0) is 45.1 Å². The average molecular weight is 427 g/mol. The Kier molecular flexibility index (Phi) is 5.26. The third-order valence-corrected chi connectivity index (χ3v) is 7.04. The molecule has 1 fully saturated rings. The molecule has 1 aliphatic carbocycles. The molecule has 3 N–H and O–H groups in total. The summed E-state index contributed by atoms with van der Waals surface area (Å²) >= 11 is 0. The predicted octanol–water partition coefficient (Wildman–Crippen LogP) is 3.00. The number of nitrogens with two attached hydrogens (primary N) is 1. The molecule has 2 aliphatic heterocycles. The first kappa shape index (κ1) is 21.7. The van der Waals surface area contributed by atoms with Gasteiger partial charge in [0, 0.05) is 24.4 Å². The molecule has 0 aromatic heterocycles. The molecular formula is C24H34N4O3. The Morgan fingerprint density at radius 1 is 1.32 bits per heavy atom. The van der Waals surface area contributed by atoms with Crippen LogP contribution in [0.2, 0.25) is 0 Å². The molecule has 2 amide bonds. The average Bonchev–Trinajstić information content (AvgIpc) is 3.43. The number of fused-ring (bicyclic) bond motifs is 1. The number of nitrogens with one attached hydrogen (secondary N) is 1. The van der Waals surface area contributed by atoms with Crippen LogP contribution in [-0.2, 0) is 9.59 Å². The molecule has 4 rings (SSSR count). The molecule has 1 aromatic carbocycles. The molecule has 0 radical (unpaired) electrons. The number of amides is 2. The quantitative estimate of drug-likeness (QED) is 0.756. The Bertz CT molecular complexity index is 925. The normalized spacial score (nSPS) is 31.5. The van der Waals surface area contributed by atoms with Gasteiger partial charge in [0.25, 0.3) is 0 Å². The second-order valence-corrected chi connectivity index (χ2v) is 10.4. The van der Waals surface area contributed by atoms with Crippen LogP contribution in [-0.4, -0.2) is 40.4 Å². The fourth-order valence-electron chi connectivity index (χ4n) is 4.63. The van der Waals surface area contributed by atoms with Gasteiger partial charge in [-0.1, -0.05) is 32.0 Å². The van der Waals surface area contributed by atoms with E-state index < -0.39 is 5.54 Å². The first-order valence-electron chi connectivity index (χ1n) is 11.2. The Labute approximate surface area is 184 Å². The number of nitrogens with zero attached hydrogens (tertiary/aromatic N) is 2. The number of rotatable bonds is 5. The first-order valence-corrected chi connectivity index (χ1v) is 11.2. The lowest BCUT2D eigenvalue weighted by molar-refractivity contribution is -0.130. The molecule has 4 atom stereocenters. The summed E-state index contributed by atoms with van der Waals surface area (Å²) in [5.41, 5.74) is 6.27. The summed E-state index contributed by atoms with van der Waals surface area (Å²) in [5.74, 6) is 1.45. The second-order valence-electron chi connectivity index (χ2n) is 10.4. The zero-order valence-electron chi connectivity index (χ0n) is 19.1. The molecule has 7 nitrogen and oxygen atoms in total. The maximum absolute atomic E-state index is 13.1. The maximum atomic E-state index is 13.1. The minimum atomic E-state index is -0.461. The summed E-state index contributed by atoms with van der Waals surface area (Å²) in [6.45, 7) is 10.7. The standard InChI is InChI=1S/C24H34N4O3/c1-14(2)24(5)11-18(16-8-6-7-9-19(16)31-24)26-21(30)17-10-15(17)13-28-20(29)12-23(3,4)27-22(28)25/h6-9,14-15,17-18H,10-13H2,1-5H3,(H2,25,27)(H,26,30)/t15-,17?,18+,24?/m1/s1. The van der Waals surface area contributed by atoms with E-state index in [0.717, 1.165) is 24.2 Å². The molecule has 7 heteroatoms. The summed E-state index contributed by atoms with van der Waals surface area (Å²) in [6.07, 6.45) is 1.83. The van der Waals surface area contributed by atoms with E-state index >= 15 is 0 Å². The van der Waals surface area contributed by atoms with Crippen LogP contribution in [0.3, 0.4) is 0 Å². The number of guanidine groups is 1. The SMILES string of the molecule is CC(C)C1(C)C[C@H](NC(=O)C2C[C@@H]2CN2C(=O)CC(C)(C)N=C2N)c2ccccc2O1. The molecular weight excluding hydrogens is 392 g/mol. The van der Waals surface area contributed by atoms with Gasteiger partial charge in [0.05, 0.1) is 18.0 Å². The number of ether oxygens (including phenoxy) is 1. The van der Waals surface area contributed by atoms with Crippen LogP contribution < -0.4 is 15.8 Å². The van der Waals surface area contributed by atoms with E-state index in [0.29, 0.717) is 18.9 Å². The lowest BCUT2D eigenvalue weighted by atomic mass is 9.81. The lowest BCUT2D eigenvalue weighted by Crippen LogP contribution is -2.50. The van der Waals surface area contributed by atoms with Crippen LogP contribution in [0.1, 0.15) is 65.5 Å². The van der Waals surface area contributed by atoms with E-state index in [4.69, 9.17) is 10.5 Å². The van der Waals surface area contributed by atoms with Crippen molar-refractivity contribution in [3.63, 3.8) is 0 Å². The Balaban J connectivity index is 1.42. The van der Waals surface area contributed by atoms with Crippen molar-refractivity contribution in [1.82, 2.24) is 10.2 Å². The van der Waals surface area contributed by atoms with Gasteiger partial charge in [-0.2, -0.15) is 0 Å². The fraction of sp³-hybridized carbons (Fsp3) is 0.625. The van der Waals surface area contributed by atoms with Crippen LogP contribution in [0.5, 0.6) is 5.75 Å². The predicted molar refractivity (Wildman–Crippen MR) is 119 cm³/mol. The third kappa shape index (κ3) is 4.27. The highest BCUT2D eigenvalue weighted by molar-refractivity contribution is 5.99. The number of carbonyl (C=O) groups excluding carboxylic acids is 2. The topological polar surface area (TPSA) is 97.0 Å². The highest BCUT2D eigenvalue weighted by atomic mass is 16.5. The van der Waals surface area contributed by atoms with Gasteiger partial charge >= 0.3 is 0 Å². The number of hydrogen-bond donors (Lipinski definition) is 2. The van der Waals surface area contributed by atoms with Gasteiger partial charge in [-0.3, -0.25) is 14.5 Å². The van der Waals surface area contributed by atoms with Crippen molar-refractivity contribution in [3.05, 3.63) is 29.8 Å². The Morgan fingerprint density at radius 3 is 2.71 bits per heavy atom. The summed E-state index contributed by atoms with van der Waals surface area (Å²) in [4.78, 5) is 31.5. The third-order valence-electron chi connectivity index (χ3n) is 7.04. The van der Waals surface area contributed by atoms with Crippen molar-refractivity contribution in [1.29, 1.82) is 0 Å². The number of carbonyl (C=O) groups is 2. The highest BCUT2D eigenvalue weighted by Gasteiger charge is 2.48. The van der Waals surface area contributed by atoms with Crippen LogP contribution in [0.25, 0.3) is 0 Å². The van der Waals surface area contributed by atoms with Crippen molar-refractivity contribution in [2.24, 2.45) is 28.5 Å². The molecule has 3 aliphatic rings.